The third-order valence-corrected chi connectivity index (χ3v) is 8.60. The van der Waals surface area contributed by atoms with E-state index in [-0.39, 0.29) is 15.6 Å². The minimum atomic E-state index is -4.09. The van der Waals surface area contributed by atoms with Gasteiger partial charge in [0.1, 0.15) is 11.5 Å². The second-order valence-corrected chi connectivity index (χ2v) is 10.8. The molecule has 0 saturated carbocycles. The van der Waals surface area contributed by atoms with E-state index in [0.29, 0.717) is 10.6 Å². The Balaban J connectivity index is 1.68. The Hall–Kier alpha value is -2.88. The first-order valence-electron chi connectivity index (χ1n) is 10.2. The SMILES string of the molecule is COC(=O)c1c(NC(=O)CN(c2ccccc2Cl)S(=O)(=O)c2ccccc2)sc2c1CCC2. The molecule has 7 nitrogen and oxygen atoms in total. The summed E-state index contributed by atoms with van der Waals surface area (Å²) in [6.45, 7) is -0.524. The van der Waals surface area contributed by atoms with Gasteiger partial charge in [-0.2, -0.15) is 0 Å². The van der Waals surface area contributed by atoms with E-state index in [1.54, 1.807) is 36.4 Å². The lowest BCUT2D eigenvalue weighted by atomic mass is 10.1. The maximum Gasteiger partial charge on any atom is 0.341 e. The van der Waals surface area contributed by atoms with Crippen LogP contribution in [0.25, 0.3) is 0 Å². The molecule has 0 unspecified atom stereocenters. The van der Waals surface area contributed by atoms with Crippen molar-refractivity contribution in [2.45, 2.75) is 24.2 Å². The number of carbonyl (C=O) groups is 2. The van der Waals surface area contributed by atoms with E-state index >= 15 is 0 Å². The van der Waals surface area contributed by atoms with Gasteiger partial charge in [-0.15, -0.1) is 11.3 Å². The summed E-state index contributed by atoms with van der Waals surface area (Å²) in [6, 6.07) is 14.2. The van der Waals surface area contributed by atoms with Gasteiger partial charge in [-0.25, -0.2) is 13.2 Å². The summed E-state index contributed by atoms with van der Waals surface area (Å²) < 4.78 is 32.7. The molecule has 4 rings (SSSR count). The number of carbonyl (C=O) groups excluding carboxylic acids is 2. The number of ether oxygens (including phenoxy) is 1. The number of benzene rings is 2. The average molecular weight is 505 g/mol. The summed E-state index contributed by atoms with van der Waals surface area (Å²) in [7, 11) is -2.80. The van der Waals surface area contributed by atoms with Gasteiger partial charge in [-0.3, -0.25) is 9.10 Å². The number of methoxy groups -OCH3 is 1. The van der Waals surface area contributed by atoms with Crippen LogP contribution in [0.2, 0.25) is 5.02 Å². The van der Waals surface area contributed by atoms with Gasteiger partial charge in [0, 0.05) is 4.88 Å². The maximum atomic E-state index is 13.4. The summed E-state index contributed by atoms with van der Waals surface area (Å²) in [4.78, 5) is 26.5. The van der Waals surface area contributed by atoms with Gasteiger partial charge in [-0.05, 0) is 49.1 Å². The Morgan fingerprint density at radius 3 is 2.48 bits per heavy atom. The third kappa shape index (κ3) is 4.62. The number of sulfonamides is 1. The summed E-state index contributed by atoms with van der Waals surface area (Å²) in [5.41, 5.74) is 1.42. The predicted octanol–water partition coefficient (Wildman–Crippen LogP) is 4.51. The molecule has 3 aromatic rings. The molecule has 0 saturated heterocycles. The number of halogens is 1. The molecule has 0 radical (unpaired) electrons. The highest BCUT2D eigenvalue weighted by Gasteiger charge is 2.31. The van der Waals surface area contributed by atoms with Crippen molar-refractivity contribution < 1.29 is 22.7 Å². The number of fused-ring (bicyclic) bond motifs is 1. The van der Waals surface area contributed by atoms with Crippen molar-refractivity contribution >= 4 is 55.5 Å². The maximum absolute atomic E-state index is 13.4. The first-order chi connectivity index (χ1) is 15.8. The molecule has 1 aliphatic carbocycles. The number of hydrogen-bond donors (Lipinski definition) is 1. The Kier molecular flexibility index (Phi) is 6.73. The average Bonchev–Trinajstić information content (AvgIpc) is 3.39. The molecule has 1 heterocycles. The summed E-state index contributed by atoms with van der Waals surface area (Å²) in [5, 5.41) is 3.29. The molecule has 0 bridgehead atoms. The Morgan fingerprint density at radius 1 is 1.09 bits per heavy atom. The van der Waals surface area contributed by atoms with Gasteiger partial charge in [0.25, 0.3) is 10.0 Å². The second kappa shape index (κ2) is 9.54. The van der Waals surface area contributed by atoms with E-state index in [1.165, 1.54) is 36.6 Å². The smallest absolute Gasteiger partial charge is 0.341 e. The molecule has 1 aromatic heterocycles. The Morgan fingerprint density at radius 2 is 1.79 bits per heavy atom. The van der Waals surface area contributed by atoms with Crippen molar-refractivity contribution in [2.75, 3.05) is 23.3 Å². The van der Waals surface area contributed by atoms with E-state index in [4.69, 9.17) is 16.3 Å². The van der Waals surface area contributed by atoms with Crippen LogP contribution in [0.5, 0.6) is 0 Å². The second-order valence-electron chi connectivity index (χ2n) is 7.38. The minimum Gasteiger partial charge on any atom is -0.465 e. The molecule has 0 spiro atoms. The largest absolute Gasteiger partial charge is 0.465 e. The summed E-state index contributed by atoms with van der Waals surface area (Å²) in [5.74, 6) is -1.12. The first-order valence-corrected chi connectivity index (χ1v) is 12.8. The lowest BCUT2D eigenvalue weighted by Gasteiger charge is -2.25. The number of aryl methyl sites for hydroxylation is 1. The van der Waals surface area contributed by atoms with Crippen LogP contribution in [0.4, 0.5) is 10.7 Å². The van der Waals surface area contributed by atoms with Crippen LogP contribution in [-0.4, -0.2) is 33.9 Å². The van der Waals surface area contributed by atoms with Crippen molar-refractivity contribution in [3.8, 4) is 0 Å². The van der Waals surface area contributed by atoms with Crippen molar-refractivity contribution in [1.82, 2.24) is 0 Å². The summed E-state index contributed by atoms with van der Waals surface area (Å²) in [6.07, 6.45) is 2.50. The number of hydrogen-bond acceptors (Lipinski definition) is 6. The molecular formula is C23H21ClN2O5S2. The molecule has 0 atom stereocenters. The molecular weight excluding hydrogens is 484 g/mol. The summed E-state index contributed by atoms with van der Waals surface area (Å²) >= 11 is 7.62. The predicted molar refractivity (Wildman–Crippen MR) is 129 cm³/mol. The number of para-hydroxylation sites is 1. The van der Waals surface area contributed by atoms with Gasteiger partial charge in [-0.1, -0.05) is 41.9 Å². The van der Waals surface area contributed by atoms with Gasteiger partial charge in [0.15, 0.2) is 0 Å². The molecule has 2 aromatic carbocycles. The standard InChI is InChI=1S/C23H21ClN2O5S2/c1-31-23(28)21-16-10-7-13-19(16)32-22(21)25-20(27)14-26(18-12-6-5-11-17(18)24)33(29,30)15-8-3-2-4-9-15/h2-6,8-9,11-12H,7,10,13-14H2,1H3,(H,25,27). The quantitative estimate of drug-likeness (QED) is 0.478. The van der Waals surface area contributed by atoms with Gasteiger partial charge < -0.3 is 10.1 Å². The van der Waals surface area contributed by atoms with Crippen LogP contribution in [0, 0.1) is 0 Å². The highest BCUT2D eigenvalue weighted by atomic mass is 35.5. The van der Waals surface area contributed by atoms with E-state index in [1.807, 2.05) is 0 Å². The van der Waals surface area contributed by atoms with Gasteiger partial charge >= 0.3 is 5.97 Å². The van der Waals surface area contributed by atoms with Crippen LogP contribution in [0.1, 0.15) is 27.2 Å². The number of esters is 1. The van der Waals surface area contributed by atoms with Crippen molar-refractivity contribution in [1.29, 1.82) is 0 Å². The van der Waals surface area contributed by atoms with Crippen LogP contribution >= 0.6 is 22.9 Å². The van der Waals surface area contributed by atoms with Crippen molar-refractivity contribution in [2.24, 2.45) is 0 Å². The topological polar surface area (TPSA) is 92.8 Å². The van der Waals surface area contributed by atoms with Crippen LogP contribution < -0.4 is 9.62 Å². The Labute approximate surface area is 201 Å². The molecule has 1 N–H and O–H groups in total. The zero-order valence-corrected chi connectivity index (χ0v) is 20.1. The van der Waals surface area contributed by atoms with Crippen LogP contribution in [0.3, 0.4) is 0 Å². The highest BCUT2D eigenvalue weighted by molar-refractivity contribution is 7.92. The third-order valence-electron chi connectivity index (χ3n) is 5.30. The van der Waals surface area contributed by atoms with Crippen molar-refractivity contribution in [3.63, 3.8) is 0 Å². The fourth-order valence-electron chi connectivity index (χ4n) is 3.78. The molecule has 1 amide bonds. The van der Waals surface area contributed by atoms with E-state index < -0.39 is 28.4 Å². The monoisotopic (exact) mass is 504 g/mol. The number of amides is 1. The highest BCUT2D eigenvalue weighted by Crippen LogP contribution is 2.39. The molecule has 10 heteroatoms. The molecule has 172 valence electrons. The normalized spacial score (nSPS) is 12.8. The van der Waals surface area contributed by atoms with Gasteiger partial charge in [0.2, 0.25) is 5.91 Å². The number of nitrogens with zero attached hydrogens (tertiary/aromatic N) is 1. The molecule has 33 heavy (non-hydrogen) atoms. The van der Waals surface area contributed by atoms with E-state index in [0.717, 1.165) is 34.0 Å². The van der Waals surface area contributed by atoms with E-state index in [2.05, 4.69) is 5.32 Å². The molecule has 0 fully saturated rings. The molecule has 0 aliphatic heterocycles. The van der Waals surface area contributed by atoms with Gasteiger partial charge in [0.05, 0.1) is 28.3 Å². The lowest BCUT2D eigenvalue weighted by molar-refractivity contribution is -0.114. The fraction of sp³-hybridized carbons (Fsp3) is 0.217. The zero-order valence-electron chi connectivity index (χ0n) is 17.7. The first kappa shape index (κ1) is 23.3. The number of thiophene rings is 1. The van der Waals surface area contributed by atoms with Crippen LogP contribution in [0.15, 0.2) is 59.5 Å². The van der Waals surface area contributed by atoms with E-state index in [9.17, 15) is 18.0 Å². The number of nitrogens with one attached hydrogen (secondary N) is 1. The van der Waals surface area contributed by atoms with Crippen LogP contribution in [-0.2, 0) is 32.4 Å². The zero-order chi connectivity index (χ0) is 23.6. The number of anilines is 2. The minimum absolute atomic E-state index is 0.0306. The Bertz CT molecular complexity index is 1310. The fourth-order valence-corrected chi connectivity index (χ4v) is 6.82. The number of rotatable bonds is 7. The molecule has 1 aliphatic rings. The lowest BCUT2D eigenvalue weighted by Crippen LogP contribution is -2.38. The van der Waals surface area contributed by atoms with Crippen molar-refractivity contribution in [3.05, 3.63) is 75.6 Å².